The van der Waals surface area contributed by atoms with Gasteiger partial charge in [-0.1, -0.05) is 0 Å². The van der Waals surface area contributed by atoms with Gasteiger partial charge in [-0.3, -0.25) is 9.48 Å². The highest BCUT2D eigenvalue weighted by Gasteiger charge is 2.20. The van der Waals surface area contributed by atoms with E-state index in [4.69, 9.17) is 0 Å². The first-order valence-corrected chi connectivity index (χ1v) is 7.67. The maximum Gasteiger partial charge on any atom is 0.255 e. The van der Waals surface area contributed by atoms with E-state index in [1.54, 1.807) is 23.3 Å². The molecule has 1 amide bonds. The number of anilines is 2. The first kappa shape index (κ1) is 16.0. The molecule has 3 aromatic rings. The summed E-state index contributed by atoms with van der Waals surface area (Å²) < 4.78 is 1.77. The lowest BCUT2D eigenvalue weighted by molar-refractivity contribution is 0.0921. The minimum Gasteiger partial charge on any atom is -0.347 e. The number of carbonyl (C=O) groups excluding carboxylic acids is 1. The summed E-state index contributed by atoms with van der Waals surface area (Å²) in [5.41, 5.74) is 3.08. The molecule has 8 nitrogen and oxygen atoms in total. The first-order chi connectivity index (χ1) is 11.2. The van der Waals surface area contributed by atoms with E-state index in [9.17, 15) is 4.79 Å². The second-order valence-corrected chi connectivity index (χ2v) is 6.75. The fraction of sp³-hybridized carbons (Fsp3) is 0.375. The van der Waals surface area contributed by atoms with Crippen molar-refractivity contribution in [3.05, 3.63) is 29.8 Å². The predicted octanol–water partition coefficient (Wildman–Crippen LogP) is 2.27. The summed E-state index contributed by atoms with van der Waals surface area (Å²) >= 11 is 0. The molecule has 0 bridgehead atoms. The summed E-state index contributed by atoms with van der Waals surface area (Å²) in [4.78, 5) is 24.3. The van der Waals surface area contributed by atoms with Gasteiger partial charge in [0.05, 0.1) is 29.3 Å². The zero-order valence-electron chi connectivity index (χ0n) is 14.4. The molecule has 0 aliphatic rings. The molecule has 24 heavy (non-hydrogen) atoms. The van der Waals surface area contributed by atoms with E-state index in [1.807, 2.05) is 34.7 Å². The molecule has 3 heterocycles. The normalized spacial score (nSPS) is 11.7. The Hall–Kier alpha value is -2.90. The third kappa shape index (κ3) is 3.08. The smallest absolute Gasteiger partial charge is 0.255 e. The Morgan fingerprint density at radius 3 is 2.67 bits per heavy atom. The average molecular weight is 327 g/mol. The minimum atomic E-state index is -0.323. The van der Waals surface area contributed by atoms with Crippen molar-refractivity contribution in [1.29, 1.82) is 0 Å². The summed E-state index contributed by atoms with van der Waals surface area (Å²) in [6.45, 7) is 7.76. The van der Waals surface area contributed by atoms with Gasteiger partial charge in [-0.15, -0.1) is 0 Å². The monoisotopic (exact) mass is 327 g/mol. The van der Waals surface area contributed by atoms with E-state index in [0.29, 0.717) is 22.5 Å². The molecular weight excluding hydrogens is 306 g/mol. The van der Waals surface area contributed by atoms with E-state index in [1.165, 1.54) is 0 Å². The van der Waals surface area contributed by atoms with E-state index < -0.39 is 0 Å². The molecule has 0 aliphatic carbocycles. The van der Waals surface area contributed by atoms with Crippen LogP contribution < -0.4 is 10.6 Å². The van der Waals surface area contributed by atoms with E-state index in [2.05, 4.69) is 30.7 Å². The van der Waals surface area contributed by atoms with Crippen LogP contribution in [0.3, 0.4) is 0 Å². The number of aromatic amines is 1. The lowest BCUT2D eigenvalue weighted by atomic mass is 10.1. The molecule has 0 aromatic carbocycles. The Balaban J connectivity index is 1.94. The predicted molar refractivity (Wildman–Crippen MR) is 92.3 cm³/mol. The number of nitrogens with one attached hydrogen (secondary N) is 3. The SMILES string of the molecule is Cc1c(Nc2cnc3[nH]cc(C(=O)NC(C)(C)C)c3n2)cnn1C. The summed E-state index contributed by atoms with van der Waals surface area (Å²) in [5, 5.41) is 10.3. The van der Waals surface area contributed by atoms with Crippen molar-refractivity contribution >= 4 is 28.6 Å². The van der Waals surface area contributed by atoms with Crippen molar-refractivity contribution in [2.45, 2.75) is 33.2 Å². The average Bonchev–Trinajstić information content (AvgIpc) is 3.04. The molecule has 126 valence electrons. The third-order valence-electron chi connectivity index (χ3n) is 3.61. The summed E-state index contributed by atoms with van der Waals surface area (Å²) in [5.74, 6) is 0.376. The number of nitrogens with zero attached hydrogens (tertiary/aromatic N) is 4. The van der Waals surface area contributed by atoms with Gasteiger partial charge >= 0.3 is 0 Å². The maximum absolute atomic E-state index is 12.4. The number of carbonyl (C=O) groups is 1. The number of aromatic nitrogens is 5. The van der Waals surface area contributed by atoms with E-state index in [0.717, 1.165) is 11.4 Å². The van der Waals surface area contributed by atoms with Gasteiger partial charge in [0.25, 0.3) is 5.91 Å². The largest absolute Gasteiger partial charge is 0.347 e. The second kappa shape index (κ2) is 5.63. The Labute approximate surface area is 139 Å². The molecule has 3 rings (SSSR count). The Kier molecular flexibility index (Phi) is 3.75. The number of rotatable bonds is 3. The lowest BCUT2D eigenvalue weighted by Crippen LogP contribution is -2.40. The summed E-state index contributed by atoms with van der Waals surface area (Å²) in [7, 11) is 1.87. The van der Waals surface area contributed by atoms with Crippen LogP contribution in [0.1, 0.15) is 36.8 Å². The molecule has 0 fully saturated rings. The van der Waals surface area contributed by atoms with Gasteiger partial charge in [0.2, 0.25) is 0 Å². The molecule has 3 N–H and O–H groups in total. The van der Waals surface area contributed by atoms with Gasteiger partial charge in [0.1, 0.15) is 11.3 Å². The van der Waals surface area contributed by atoms with Crippen LogP contribution in [0.4, 0.5) is 11.5 Å². The number of aryl methyl sites for hydroxylation is 1. The highest BCUT2D eigenvalue weighted by atomic mass is 16.1. The molecule has 0 unspecified atom stereocenters. The van der Waals surface area contributed by atoms with Gasteiger partial charge in [-0.2, -0.15) is 5.10 Å². The molecule has 0 aliphatic heterocycles. The summed E-state index contributed by atoms with van der Waals surface area (Å²) in [6, 6.07) is 0. The molecule has 8 heteroatoms. The van der Waals surface area contributed by atoms with Crippen molar-refractivity contribution < 1.29 is 4.79 Å². The van der Waals surface area contributed by atoms with Gasteiger partial charge in [0.15, 0.2) is 5.65 Å². The van der Waals surface area contributed by atoms with Crippen LogP contribution >= 0.6 is 0 Å². The number of hydrogen-bond donors (Lipinski definition) is 3. The number of fused-ring (bicyclic) bond motifs is 1. The van der Waals surface area contributed by atoms with Crippen LogP contribution in [-0.2, 0) is 7.05 Å². The Bertz CT molecular complexity index is 901. The standard InChI is InChI=1S/C16H21N7O/c1-9-11(7-19-23(9)5)20-12-8-18-14-13(21-12)10(6-17-14)15(24)22-16(2,3)4/h6-8H,1-5H3,(H,17,18)(H,20,21)(H,22,24). The van der Waals surface area contributed by atoms with Crippen LogP contribution in [0.25, 0.3) is 11.2 Å². The number of amides is 1. The third-order valence-corrected chi connectivity index (χ3v) is 3.61. The molecule has 0 radical (unpaired) electrons. The minimum absolute atomic E-state index is 0.183. The molecule has 0 saturated carbocycles. The van der Waals surface area contributed by atoms with E-state index >= 15 is 0 Å². The quantitative estimate of drug-likeness (QED) is 0.685. The number of H-pyrrole nitrogens is 1. The summed E-state index contributed by atoms with van der Waals surface area (Å²) in [6.07, 6.45) is 4.98. The highest BCUT2D eigenvalue weighted by molar-refractivity contribution is 6.04. The van der Waals surface area contributed by atoms with Crippen LogP contribution in [0.15, 0.2) is 18.6 Å². The van der Waals surface area contributed by atoms with Gasteiger partial charge in [-0.05, 0) is 27.7 Å². The fourth-order valence-corrected chi connectivity index (χ4v) is 2.29. The van der Waals surface area contributed by atoms with E-state index in [-0.39, 0.29) is 11.4 Å². The molecule has 0 spiro atoms. The first-order valence-electron chi connectivity index (χ1n) is 7.67. The van der Waals surface area contributed by atoms with Gasteiger partial charge in [-0.25, -0.2) is 9.97 Å². The van der Waals surface area contributed by atoms with Crippen molar-refractivity contribution in [2.24, 2.45) is 7.05 Å². The van der Waals surface area contributed by atoms with Crippen molar-refractivity contribution in [1.82, 2.24) is 30.0 Å². The molecule has 0 atom stereocenters. The van der Waals surface area contributed by atoms with Crippen LogP contribution in [0.5, 0.6) is 0 Å². The topological polar surface area (TPSA) is 101 Å². The van der Waals surface area contributed by atoms with Crippen LogP contribution in [-0.4, -0.2) is 36.2 Å². The Morgan fingerprint density at radius 1 is 1.29 bits per heavy atom. The zero-order chi connectivity index (χ0) is 17.5. The van der Waals surface area contributed by atoms with Crippen LogP contribution in [0.2, 0.25) is 0 Å². The second-order valence-electron chi connectivity index (χ2n) is 6.75. The molecule has 0 saturated heterocycles. The van der Waals surface area contributed by atoms with Crippen LogP contribution in [0, 0.1) is 6.92 Å². The Morgan fingerprint density at radius 2 is 2.04 bits per heavy atom. The lowest BCUT2D eigenvalue weighted by Gasteiger charge is -2.20. The molecular formula is C16H21N7O. The van der Waals surface area contributed by atoms with Gasteiger partial charge < -0.3 is 15.6 Å². The highest BCUT2D eigenvalue weighted by Crippen LogP contribution is 2.21. The van der Waals surface area contributed by atoms with Crippen molar-refractivity contribution in [3.8, 4) is 0 Å². The van der Waals surface area contributed by atoms with Crippen molar-refractivity contribution in [2.75, 3.05) is 5.32 Å². The molecule has 3 aromatic heterocycles. The van der Waals surface area contributed by atoms with Crippen molar-refractivity contribution in [3.63, 3.8) is 0 Å². The van der Waals surface area contributed by atoms with Gasteiger partial charge in [0, 0.05) is 18.8 Å². The maximum atomic E-state index is 12.4. The number of hydrogen-bond acceptors (Lipinski definition) is 5. The zero-order valence-corrected chi connectivity index (χ0v) is 14.4. The fourth-order valence-electron chi connectivity index (χ4n) is 2.29.